The summed E-state index contributed by atoms with van der Waals surface area (Å²) in [6, 6.07) is 13.4. The summed E-state index contributed by atoms with van der Waals surface area (Å²) in [5.74, 6) is 1.23. The second-order valence-corrected chi connectivity index (χ2v) is 7.52. The van der Waals surface area contributed by atoms with E-state index >= 15 is 0 Å². The first-order valence-electron chi connectivity index (χ1n) is 10.4. The summed E-state index contributed by atoms with van der Waals surface area (Å²) in [6.07, 6.45) is 2.01. The molecule has 0 radical (unpaired) electrons. The minimum Gasteiger partial charge on any atom is -0.493 e. The largest absolute Gasteiger partial charge is 0.493 e. The Labute approximate surface area is 178 Å². The molecule has 2 aromatic carbocycles. The van der Waals surface area contributed by atoms with Crippen LogP contribution in [0.1, 0.15) is 34.3 Å². The molecule has 2 amide bonds. The van der Waals surface area contributed by atoms with E-state index < -0.39 is 0 Å². The number of carbonyl (C=O) groups is 2. The van der Waals surface area contributed by atoms with Gasteiger partial charge in [0, 0.05) is 38.2 Å². The van der Waals surface area contributed by atoms with Crippen LogP contribution in [0.2, 0.25) is 0 Å². The molecule has 0 saturated carbocycles. The van der Waals surface area contributed by atoms with Gasteiger partial charge in [-0.3, -0.25) is 9.59 Å². The molecule has 2 aromatic rings. The molecule has 6 nitrogen and oxygen atoms in total. The fraction of sp³-hybridized carbons (Fsp3) is 0.417. The summed E-state index contributed by atoms with van der Waals surface area (Å²) in [7, 11) is 3.12. The molecule has 6 heteroatoms. The molecule has 1 fully saturated rings. The van der Waals surface area contributed by atoms with Gasteiger partial charge in [0.1, 0.15) is 0 Å². The number of carbonyl (C=O) groups excluding carboxylic acids is 2. The Morgan fingerprint density at radius 2 is 1.60 bits per heavy atom. The Hall–Kier alpha value is -3.02. The molecule has 0 bridgehead atoms. The van der Waals surface area contributed by atoms with Crippen molar-refractivity contribution in [1.29, 1.82) is 0 Å². The lowest BCUT2D eigenvalue weighted by Crippen LogP contribution is -2.37. The van der Waals surface area contributed by atoms with Gasteiger partial charge in [0.15, 0.2) is 11.5 Å². The zero-order valence-electron chi connectivity index (χ0n) is 18.0. The maximum atomic E-state index is 13.0. The molecule has 0 aliphatic carbocycles. The first-order valence-corrected chi connectivity index (χ1v) is 10.4. The van der Waals surface area contributed by atoms with Gasteiger partial charge in [0.25, 0.3) is 5.91 Å². The summed E-state index contributed by atoms with van der Waals surface area (Å²) < 4.78 is 10.6. The summed E-state index contributed by atoms with van der Waals surface area (Å²) in [6.45, 7) is 4.48. The number of methoxy groups -OCH3 is 2. The number of amides is 2. The quantitative estimate of drug-likeness (QED) is 0.733. The van der Waals surface area contributed by atoms with Gasteiger partial charge in [0.05, 0.1) is 14.2 Å². The lowest BCUT2D eigenvalue weighted by molar-refractivity contribution is -0.131. The molecule has 3 rings (SSSR count). The fourth-order valence-corrected chi connectivity index (χ4v) is 3.81. The minimum absolute atomic E-state index is 0.0508. The summed E-state index contributed by atoms with van der Waals surface area (Å²) in [5, 5.41) is 0. The van der Waals surface area contributed by atoms with Crippen LogP contribution in [0, 0.1) is 6.92 Å². The van der Waals surface area contributed by atoms with E-state index in [1.165, 1.54) is 11.1 Å². The number of benzene rings is 2. The minimum atomic E-state index is -0.0508. The summed E-state index contributed by atoms with van der Waals surface area (Å²) in [5.41, 5.74) is 2.99. The topological polar surface area (TPSA) is 59.1 Å². The SMILES string of the molecule is COc1ccc(C(=O)N2CCCN(C(=O)CCc3ccccc3C)CC2)cc1OC. The second-order valence-electron chi connectivity index (χ2n) is 7.52. The van der Waals surface area contributed by atoms with Crippen LogP contribution in [0.3, 0.4) is 0 Å². The van der Waals surface area contributed by atoms with Gasteiger partial charge in [-0.15, -0.1) is 0 Å². The first-order chi connectivity index (χ1) is 14.5. The van der Waals surface area contributed by atoms with E-state index in [1.807, 2.05) is 21.9 Å². The molecule has 1 saturated heterocycles. The number of ether oxygens (including phenoxy) is 2. The van der Waals surface area contributed by atoms with Crippen molar-refractivity contribution in [3.63, 3.8) is 0 Å². The van der Waals surface area contributed by atoms with E-state index in [9.17, 15) is 9.59 Å². The highest BCUT2D eigenvalue weighted by Crippen LogP contribution is 2.28. The Balaban J connectivity index is 1.58. The lowest BCUT2D eigenvalue weighted by atomic mass is 10.0. The van der Waals surface area contributed by atoms with Crippen LogP contribution >= 0.6 is 0 Å². The van der Waals surface area contributed by atoms with Crippen LogP contribution in [0.5, 0.6) is 11.5 Å². The van der Waals surface area contributed by atoms with Crippen molar-refractivity contribution >= 4 is 11.8 Å². The maximum Gasteiger partial charge on any atom is 0.254 e. The molecule has 0 N–H and O–H groups in total. The van der Waals surface area contributed by atoms with Gasteiger partial charge in [0.2, 0.25) is 5.91 Å². The van der Waals surface area contributed by atoms with Gasteiger partial charge in [-0.05, 0) is 49.1 Å². The van der Waals surface area contributed by atoms with E-state index in [0.717, 1.165) is 12.8 Å². The molecular formula is C24H30N2O4. The second kappa shape index (κ2) is 10.1. The standard InChI is InChI=1S/C24H30N2O4/c1-18-7-4-5-8-19(18)10-12-23(27)25-13-6-14-26(16-15-25)24(28)20-9-11-21(29-2)22(17-20)30-3/h4-5,7-9,11,17H,6,10,12-16H2,1-3H3. The molecule has 1 heterocycles. The van der Waals surface area contributed by atoms with Crippen LogP contribution in [0.25, 0.3) is 0 Å². The van der Waals surface area contributed by atoms with Crippen LogP contribution in [-0.4, -0.2) is 62.0 Å². The Bertz CT molecular complexity index is 897. The molecule has 0 aromatic heterocycles. The highest BCUT2D eigenvalue weighted by molar-refractivity contribution is 5.95. The molecule has 160 valence electrons. The maximum absolute atomic E-state index is 13.0. The lowest BCUT2D eigenvalue weighted by Gasteiger charge is -2.23. The molecule has 30 heavy (non-hydrogen) atoms. The Kier molecular flexibility index (Phi) is 7.33. The number of nitrogens with zero attached hydrogens (tertiary/aromatic N) is 2. The van der Waals surface area contributed by atoms with Gasteiger partial charge in [-0.1, -0.05) is 24.3 Å². The van der Waals surface area contributed by atoms with Crippen molar-refractivity contribution in [3.8, 4) is 11.5 Å². The monoisotopic (exact) mass is 410 g/mol. The number of hydrogen-bond donors (Lipinski definition) is 0. The van der Waals surface area contributed by atoms with Gasteiger partial charge >= 0.3 is 0 Å². The van der Waals surface area contributed by atoms with Gasteiger partial charge in [-0.2, -0.15) is 0 Å². The smallest absolute Gasteiger partial charge is 0.254 e. The molecule has 0 spiro atoms. The third-order valence-corrected chi connectivity index (χ3v) is 5.64. The summed E-state index contributed by atoms with van der Waals surface area (Å²) >= 11 is 0. The van der Waals surface area contributed by atoms with Crippen molar-refractivity contribution in [2.45, 2.75) is 26.2 Å². The predicted molar refractivity (Wildman–Crippen MR) is 116 cm³/mol. The zero-order chi connectivity index (χ0) is 21.5. The van der Waals surface area contributed by atoms with Gasteiger partial charge in [-0.25, -0.2) is 0 Å². The molecular weight excluding hydrogens is 380 g/mol. The zero-order valence-corrected chi connectivity index (χ0v) is 18.0. The van der Waals surface area contributed by atoms with Crippen molar-refractivity contribution in [2.24, 2.45) is 0 Å². The first kappa shape index (κ1) is 21.7. The molecule has 0 atom stereocenters. The van der Waals surface area contributed by atoms with Gasteiger partial charge < -0.3 is 19.3 Å². The van der Waals surface area contributed by atoms with E-state index in [0.29, 0.717) is 49.7 Å². The van der Waals surface area contributed by atoms with Crippen molar-refractivity contribution < 1.29 is 19.1 Å². The third-order valence-electron chi connectivity index (χ3n) is 5.64. The van der Waals surface area contributed by atoms with Crippen molar-refractivity contribution in [2.75, 3.05) is 40.4 Å². The van der Waals surface area contributed by atoms with Crippen molar-refractivity contribution in [1.82, 2.24) is 9.80 Å². The number of aryl methyl sites for hydroxylation is 2. The Morgan fingerprint density at radius 1 is 0.900 bits per heavy atom. The van der Waals surface area contributed by atoms with Crippen LogP contribution in [-0.2, 0) is 11.2 Å². The molecule has 1 aliphatic heterocycles. The van der Waals surface area contributed by atoms with E-state index in [1.54, 1.807) is 32.4 Å². The highest BCUT2D eigenvalue weighted by atomic mass is 16.5. The molecule has 0 unspecified atom stereocenters. The normalized spacial score (nSPS) is 14.2. The number of hydrogen-bond acceptors (Lipinski definition) is 4. The average Bonchev–Trinajstić information content (AvgIpc) is 3.03. The van der Waals surface area contributed by atoms with Crippen LogP contribution in [0.4, 0.5) is 0 Å². The molecule has 1 aliphatic rings. The predicted octanol–water partition coefficient (Wildman–Crippen LogP) is 3.32. The Morgan fingerprint density at radius 3 is 2.33 bits per heavy atom. The van der Waals surface area contributed by atoms with E-state index in [-0.39, 0.29) is 11.8 Å². The fourth-order valence-electron chi connectivity index (χ4n) is 3.81. The van der Waals surface area contributed by atoms with Crippen molar-refractivity contribution in [3.05, 3.63) is 59.2 Å². The number of rotatable bonds is 6. The average molecular weight is 411 g/mol. The van der Waals surface area contributed by atoms with Crippen LogP contribution in [0.15, 0.2) is 42.5 Å². The highest BCUT2D eigenvalue weighted by Gasteiger charge is 2.23. The van der Waals surface area contributed by atoms with E-state index in [2.05, 4.69) is 19.1 Å². The van der Waals surface area contributed by atoms with Crippen LogP contribution < -0.4 is 9.47 Å². The van der Waals surface area contributed by atoms with E-state index in [4.69, 9.17) is 9.47 Å². The third kappa shape index (κ3) is 5.12. The summed E-state index contributed by atoms with van der Waals surface area (Å²) in [4.78, 5) is 29.4.